The highest BCUT2D eigenvalue weighted by Crippen LogP contribution is 2.32. The van der Waals surface area contributed by atoms with Crippen LogP contribution in [0, 0.1) is 0 Å². The van der Waals surface area contributed by atoms with Crippen molar-refractivity contribution < 1.29 is 4.74 Å². The Balaban J connectivity index is 1.71. The van der Waals surface area contributed by atoms with Crippen molar-refractivity contribution in [3.8, 4) is 17.1 Å². The number of ether oxygens (including phenoxy) is 1. The lowest BCUT2D eigenvalue weighted by Gasteiger charge is -2.14. The summed E-state index contributed by atoms with van der Waals surface area (Å²) in [6.07, 6.45) is 5.68. The Bertz CT molecular complexity index is 871. The van der Waals surface area contributed by atoms with Gasteiger partial charge >= 0.3 is 0 Å². The van der Waals surface area contributed by atoms with Gasteiger partial charge in [-0.25, -0.2) is 9.97 Å². The summed E-state index contributed by atoms with van der Waals surface area (Å²) < 4.78 is 6.01. The third-order valence-electron chi connectivity index (χ3n) is 4.38. The number of benzene rings is 1. The number of para-hydroxylation sites is 1. The molecule has 0 spiro atoms. The van der Waals surface area contributed by atoms with E-state index in [0.717, 1.165) is 53.8 Å². The fourth-order valence-electron chi connectivity index (χ4n) is 3.09. The van der Waals surface area contributed by atoms with Gasteiger partial charge in [0, 0.05) is 23.7 Å². The molecule has 2 N–H and O–H groups in total. The number of nitrogens with zero attached hydrogens (tertiary/aromatic N) is 2. The Morgan fingerprint density at radius 2 is 2.29 bits per heavy atom. The van der Waals surface area contributed by atoms with E-state index in [2.05, 4.69) is 22.2 Å². The van der Waals surface area contributed by atoms with Crippen molar-refractivity contribution in [2.24, 2.45) is 0 Å². The molecular weight excluding hydrogens is 324 g/mol. The van der Waals surface area contributed by atoms with E-state index < -0.39 is 0 Å². The number of H-pyrrole nitrogens is 1. The first kappa shape index (κ1) is 15.4. The minimum Gasteiger partial charge on any atom is -0.472 e. The zero-order valence-corrected chi connectivity index (χ0v) is 14.2. The van der Waals surface area contributed by atoms with E-state index in [0.29, 0.717) is 10.9 Å². The standard InChI is InChI=1S/C18H19ClN4O/c1-2-15-18(24-11-6-7-20-8-11)22-10-16(23-15)13-9-21-17-12(13)4-3-5-14(17)19/h3-5,9-11,20-21H,2,6-8H2,1H3. The summed E-state index contributed by atoms with van der Waals surface area (Å²) in [5.41, 5.74) is 3.64. The first-order chi connectivity index (χ1) is 11.8. The van der Waals surface area contributed by atoms with Crippen molar-refractivity contribution in [1.82, 2.24) is 20.3 Å². The first-order valence-corrected chi connectivity index (χ1v) is 8.63. The molecule has 1 aromatic carbocycles. The summed E-state index contributed by atoms with van der Waals surface area (Å²) >= 11 is 6.24. The van der Waals surface area contributed by atoms with E-state index >= 15 is 0 Å². The van der Waals surface area contributed by atoms with Gasteiger partial charge in [-0.3, -0.25) is 0 Å². The third-order valence-corrected chi connectivity index (χ3v) is 4.69. The van der Waals surface area contributed by atoms with Crippen molar-refractivity contribution in [2.75, 3.05) is 13.1 Å². The van der Waals surface area contributed by atoms with Gasteiger partial charge < -0.3 is 15.0 Å². The summed E-state index contributed by atoms with van der Waals surface area (Å²) in [6, 6.07) is 5.86. The second kappa shape index (κ2) is 6.42. The van der Waals surface area contributed by atoms with Crippen LogP contribution >= 0.6 is 11.6 Å². The quantitative estimate of drug-likeness (QED) is 0.760. The molecule has 1 unspecified atom stereocenters. The number of aromatic nitrogens is 3. The van der Waals surface area contributed by atoms with Crippen LogP contribution in [0.2, 0.25) is 5.02 Å². The molecule has 4 rings (SSSR count). The van der Waals surface area contributed by atoms with E-state index in [1.54, 1.807) is 6.20 Å². The van der Waals surface area contributed by atoms with Crippen LogP contribution in [0.3, 0.4) is 0 Å². The molecule has 0 amide bonds. The Hall–Kier alpha value is -2.11. The number of fused-ring (bicyclic) bond motifs is 1. The molecule has 6 heteroatoms. The van der Waals surface area contributed by atoms with E-state index in [9.17, 15) is 0 Å². The topological polar surface area (TPSA) is 62.8 Å². The van der Waals surface area contributed by atoms with Crippen LogP contribution < -0.4 is 10.1 Å². The molecule has 0 saturated carbocycles. The number of rotatable bonds is 4. The molecule has 1 atom stereocenters. The van der Waals surface area contributed by atoms with E-state index in [4.69, 9.17) is 21.3 Å². The highest BCUT2D eigenvalue weighted by molar-refractivity contribution is 6.35. The van der Waals surface area contributed by atoms with Gasteiger partial charge in [0.15, 0.2) is 0 Å². The average Bonchev–Trinajstić information content (AvgIpc) is 3.25. The molecule has 24 heavy (non-hydrogen) atoms. The minimum atomic E-state index is 0.183. The molecule has 5 nitrogen and oxygen atoms in total. The summed E-state index contributed by atoms with van der Waals surface area (Å²) in [4.78, 5) is 12.5. The number of hydrogen-bond acceptors (Lipinski definition) is 4. The van der Waals surface area contributed by atoms with Gasteiger partial charge in [0.25, 0.3) is 0 Å². The second-order valence-corrected chi connectivity index (χ2v) is 6.37. The fourth-order valence-corrected chi connectivity index (χ4v) is 3.32. The Morgan fingerprint density at radius 3 is 3.08 bits per heavy atom. The largest absolute Gasteiger partial charge is 0.472 e. The first-order valence-electron chi connectivity index (χ1n) is 8.25. The average molecular weight is 343 g/mol. The molecule has 3 aromatic rings. The van der Waals surface area contributed by atoms with Crippen molar-refractivity contribution in [3.63, 3.8) is 0 Å². The molecule has 3 heterocycles. The molecule has 1 saturated heterocycles. The zero-order chi connectivity index (χ0) is 16.5. The lowest BCUT2D eigenvalue weighted by Crippen LogP contribution is -2.21. The molecular formula is C18H19ClN4O. The normalized spacial score (nSPS) is 17.5. The van der Waals surface area contributed by atoms with E-state index in [-0.39, 0.29) is 6.10 Å². The molecule has 1 fully saturated rings. The van der Waals surface area contributed by atoms with Crippen LogP contribution in [0.25, 0.3) is 22.2 Å². The van der Waals surface area contributed by atoms with Gasteiger partial charge in [0.05, 0.1) is 22.4 Å². The summed E-state index contributed by atoms with van der Waals surface area (Å²) in [6.45, 7) is 3.93. The maximum absolute atomic E-state index is 6.24. The predicted molar refractivity (Wildman–Crippen MR) is 95.6 cm³/mol. The number of aromatic amines is 1. The zero-order valence-electron chi connectivity index (χ0n) is 13.5. The van der Waals surface area contributed by atoms with Crippen LogP contribution in [0.1, 0.15) is 19.0 Å². The molecule has 1 aliphatic heterocycles. The minimum absolute atomic E-state index is 0.183. The van der Waals surface area contributed by atoms with Crippen molar-refractivity contribution in [1.29, 1.82) is 0 Å². The summed E-state index contributed by atoms with van der Waals surface area (Å²) in [7, 11) is 0. The Labute approximate surface area is 145 Å². The molecule has 0 bridgehead atoms. The number of halogens is 1. The smallest absolute Gasteiger partial charge is 0.235 e. The monoisotopic (exact) mass is 342 g/mol. The maximum atomic E-state index is 6.24. The van der Waals surface area contributed by atoms with E-state index in [1.165, 1.54) is 0 Å². The number of nitrogens with one attached hydrogen (secondary N) is 2. The highest BCUT2D eigenvalue weighted by Gasteiger charge is 2.19. The lowest BCUT2D eigenvalue weighted by atomic mass is 10.1. The molecule has 0 aliphatic carbocycles. The third kappa shape index (κ3) is 2.74. The Kier molecular flexibility index (Phi) is 4.12. The SMILES string of the molecule is CCc1nc(-c2c[nH]c3c(Cl)cccc23)cnc1OC1CCNC1. The molecule has 124 valence electrons. The van der Waals surface area contributed by atoms with Crippen LogP contribution in [0.4, 0.5) is 0 Å². The van der Waals surface area contributed by atoms with Gasteiger partial charge in [-0.2, -0.15) is 0 Å². The van der Waals surface area contributed by atoms with Gasteiger partial charge in [-0.15, -0.1) is 0 Å². The van der Waals surface area contributed by atoms with Gasteiger partial charge in [-0.05, 0) is 25.5 Å². The van der Waals surface area contributed by atoms with Crippen LogP contribution in [-0.4, -0.2) is 34.1 Å². The molecule has 0 radical (unpaired) electrons. The summed E-state index contributed by atoms with van der Waals surface area (Å²) in [5, 5.41) is 5.05. The van der Waals surface area contributed by atoms with Crippen molar-refractivity contribution in [3.05, 3.63) is 41.3 Å². The van der Waals surface area contributed by atoms with Gasteiger partial charge in [-0.1, -0.05) is 30.7 Å². The number of aryl methyl sites for hydroxylation is 1. The van der Waals surface area contributed by atoms with Gasteiger partial charge in [0.2, 0.25) is 5.88 Å². The van der Waals surface area contributed by atoms with E-state index in [1.807, 2.05) is 24.4 Å². The van der Waals surface area contributed by atoms with Gasteiger partial charge in [0.1, 0.15) is 11.8 Å². The molecule has 2 aromatic heterocycles. The predicted octanol–water partition coefficient (Wildman–Crippen LogP) is 3.58. The number of hydrogen-bond donors (Lipinski definition) is 2. The Morgan fingerprint density at radius 1 is 1.38 bits per heavy atom. The maximum Gasteiger partial charge on any atom is 0.235 e. The molecule has 1 aliphatic rings. The highest BCUT2D eigenvalue weighted by atomic mass is 35.5. The van der Waals surface area contributed by atoms with Crippen molar-refractivity contribution in [2.45, 2.75) is 25.9 Å². The van der Waals surface area contributed by atoms with Crippen LogP contribution in [0.5, 0.6) is 5.88 Å². The van der Waals surface area contributed by atoms with Crippen molar-refractivity contribution >= 4 is 22.5 Å². The van der Waals surface area contributed by atoms with Crippen LogP contribution in [-0.2, 0) is 6.42 Å². The second-order valence-electron chi connectivity index (χ2n) is 5.96. The lowest BCUT2D eigenvalue weighted by molar-refractivity contribution is 0.210. The fraction of sp³-hybridized carbons (Fsp3) is 0.333. The van der Waals surface area contributed by atoms with Crippen LogP contribution in [0.15, 0.2) is 30.6 Å². The summed E-state index contributed by atoms with van der Waals surface area (Å²) in [5.74, 6) is 0.646.